The van der Waals surface area contributed by atoms with Crippen molar-refractivity contribution in [3.8, 4) is 0 Å². The first kappa shape index (κ1) is 12.4. The molecule has 4 nitrogen and oxygen atoms in total. The van der Waals surface area contributed by atoms with Gasteiger partial charge < -0.3 is 9.47 Å². The fourth-order valence-electron chi connectivity index (χ4n) is 1.63. The summed E-state index contributed by atoms with van der Waals surface area (Å²) in [7, 11) is 0. The third kappa shape index (κ3) is 2.77. The van der Waals surface area contributed by atoms with E-state index in [-0.39, 0.29) is 6.04 Å². The molecule has 0 fully saturated rings. The van der Waals surface area contributed by atoms with Gasteiger partial charge in [-0.1, -0.05) is 18.2 Å². The lowest BCUT2D eigenvalue weighted by Gasteiger charge is -2.04. The Hall–Kier alpha value is -2.10. The molecule has 4 heteroatoms. The van der Waals surface area contributed by atoms with Crippen molar-refractivity contribution in [1.29, 1.82) is 0 Å². The number of hydrogen-bond acceptors (Lipinski definition) is 4. The van der Waals surface area contributed by atoms with Gasteiger partial charge in [0.05, 0.1) is 12.7 Å². The highest BCUT2D eigenvalue weighted by Crippen LogP contribution is 2.21. The van der Waals surface area contributed by atoms with Crippen molar-refractivity contribution in [2.75, 3.05) is 6.61 Å². The number of aliphatic imine (C=N–C) groups is 1. The van der Waals surface area contributed by atoms with Crippen LogP contribution in [0.5, 0.6) is 0 Å². The second-order valence-corrected chi connectivity index (χ2v) is 3.88. The zero-order valence-electron chi connectivity index (χ0n) is 10.4. The molecule has 1 aliphatic heterocycles. The predicted molar refractivity (Wildman–Crippen MR) is 68.2 cm³/mol. The minimum Gasteiger partial charge on any atom is -0.463 e. The summed E-state index contributed by atoms with van der Waals surface area (Å²) < 4.78 is 10.4. The molecule has 0 unspecified atom stereocenters. The Kier molecular flexibility index (Phi) is 3.77. The van der Waals surface area contributed by atoms with E-state index >= 15 is 0 Å². The molecular formula is C14H15NO3. The molecule has 0 amide bonds. The molecule has 0 saturated carbocycles. The van der Waals surface area contributed by atoms with E-state index in [4.69, 9.17) is 9.47 Å². The number of esters is 1. The van der Waals surface area contributed by atoms with Crippen LogP contribution in [0.25, 0.3) is 0 Å². The van der Waals surface area contributed by atoms with Crippen LogP contribution in [-0.2, 0) is 14.3 Å². The monoisotopic (exact) mass is 245 g/mol. The summed E-state index contributed by atoms with van der Waals surface area (Å²) >= 11 is 0. The van der Waals surface area contributed by atoms with E-state index in [1.807, 2.05) is 37.3 Å². The molecule has 0 saturated heterocycles. The lowest BCUT2D eigenvalue weighted by atomic mass is 10.2. The second kappa shape index (κ2) is 5.49. The molecule has 0 bridgehead atoms. The molecule has 1 aromatic carbocycles. The van der Waals surface area contributed by atoms with E-state index in [0.717, 1.165) is 5.56 Å². The Morgan fingerprint density at radius 2 is 2.17 bits per heavy atom. The van der Waals surface area contributed by atoms with Crippen molar-refractivity contribution >= 4 is 11.9 Å². The largest absolute Gasteiger partial charge is 0.463 e. The summed E-state index contributed by atoms with van der Waals surface area (Å²) in [5.74, 6) is 0.662. The van der Waals surface area contributed by atoms with Crippen LogP contribution in [0.2, 0.25) is 0 Å². The highest BCUT2D eigenvalue weighted by Gasteiger charge is 2.23. The molecule has 0 spiro atoms. The standard InChI is InChI=1S/C14H15NO3/c1-3-17-13(16)9-12-10(2)15-14(18-12)11-7-5-4-6-8-11/h4-10H,3H2,1-2H3/b12-9-/t10-/m1/s1. The number of carbonyl (C=O) groups is 1. The van der Waals surface area contributed by atoms with Gasteiger partial charge in [0.15, 0.2) is 0 Å². The molecule has 0 N–H and O–H groups in total. The van der Waals surface area contributed by atoms with Crippen molar-refractivity contribution in [2.45, 2.75) is 19.9 Å². The van der Waals surface area contributed by atoms with Crippen LogP contribution in [0, 0.1) is 0 Å². The normalized spacial score (nSPS) is 20.4. The summed E-state index contributed by atoms with van der Waals surface area (Å²) in [6.45, 7) is 3.99. The van der Waals surface area contributed by atoms with Crippen molar-refractivity contribution in [2.24, 2.45) is 4.99 Å². The SMILES string of the molecule is CCOC(=O)/C=C1\OC(c2ccccc2)=N[C@@H]1C. The minimum absolute atomic E-state index is 0.162. The number of benzene rings is 1. The Morgan fingerprint density at radius 1 is 1.44 bits per heavy atom. The molecule has 18 heavy (non-hydrogen) atoms. The van der Waals surface area contributed by atoms with Gasteiger partial charge in [-0.15, -0.1) is 0 Å². The Balaban J connectivity index is 2.12. The number of hydrogen-bond donors (Lipinski definition) is 0. The zero-order chi connectivity index (χ0) is 13.0. The molecule has 0 radical (unpaired) electrons. The van der Waals surface area contributed by atoms with Crippen LogP contribution in [-0.4, -0.2) is 24.5 Å². The van der Waals surface area contributed by atoms with Crippen LogP contribution in [0.15, 0.2) is 47.2 Å². The van der Waals surface area contributed by atoms with Crippen molar-refractivity contribution in [1.82, 2.24) is 0 Å². The molecule has 0 aromatic heterocycles. The van der Waals surface area contributed by atoms with Gasteiger partial charge >= 0.3 is 5.97 Å². The maximum absolute atomic E-state index is 11.4. The summed E-state index contributed by atoms with van der Waals surface area (Å²) in [5.41, 5.74) is 0.900. The quantitative estimate of drug-likeness (QED) is 0.606. The van der Waals surface area contributed by atoms with Gasteiger partial charge in [-0.2, -0.15) is 0 Å². The van der Waals surface area contributed by atoms with Crippen LogP contribution in [0.3, 0.4) is 0 Å². The average molecular weight is 245 g/mol. The second-order valence-electron chi connectivity index (χ2n) is 3.88. The summed E-state index contributed by atoms with van der Waals surface area (Å²) in [5, 5.41) is 0. The van der Waals surface area contributed by atoms with E-state index in [2.05, 4.69) is 4.99 Å². The molecule has 1 heterocycles. The predicted octanol–water partition coefficient (Wildman–Crippen LogP) is 2.30. The number of rotatable bonds is 3. The average Bonchev–Trinajstić information content (AvgIpc) is 2.72. The number of ether oxygens (including phenoxy) is 2. The third-order valence-corrected chi connectivity index (χ3v) is 2.50. The Morgan fingerprint density at radius 3 is 2.83 bits per heavy atom. The van der Waals surface area contributed by atoms with Crippen LogP contribution in [0.4, 0.5) is 0 Å². The highest BCUT2D eigenvalue weighted by molar-refractivity contribution is 5.97. The van der Waals surface area contributed by atoms with Crippen molar-refractivity contribution in [3.05, 3.63) is 47.7 Å². The van der Waals surface area contributed by atoms with Gasteiger partial charge in [0.25, 0.3) is 0 Å². The first-order valence-electron chi connectivity index (χ1n) is 5.90. The summed E-state index contributed by atoms with van der Waals surface area (Å²) in [6, 6.07) is 9.43. The first-order valence-corrected chi connectivity index (χ1v) is 5.90. The number of carbonyl (C=O) groups excluding carboxylic acids is 1. The van der Waals surface area contributed by atoms with Gasteiger partial charge in [0.1, 0.15) is 11.8 Å². The topological polar surface area (TPSA) is 47.9 Å². The van der Waals surface area contributed by atoms with E-state index in [0.29, 0.717) is 18.3 Å². The van der Waals surface area contributed by atoms with Gasteiger partial charge in [-0.05, 0) is 26.0 Å². The summed E-state index contributed by atoms with van der Waals surface area (Å²) in [6.07, 6.45) is 1.35. The molecular weight excluding hydrogens is 230 g/mol. The first-order chi connectivity index (χ1) is 8.70. The maximum atomic E-state index is 11.4. The molecule has 94 valence electrons. The Labute approximate surface area is 106 Å². The van der Waals surface area contributed by atoms with Crippen LogP contribution < -0.4 is 0 Å². The lowest BCUT2D eigenvalue weighted by Crippen LogP contribution is -2.06. The third-order valence-electron chi connectivity index (χ3n) is 2.50. The van der Waals surface area contributed by atoms with Crippen molar-refractivity contribution in [3.63, 3.8) is 0 Å². The molecule has 0 aliphatic carbocycles. The smallest absolute Gasteiger partial charge is 0.334 e. The van der Waals surface area contributed by atoms with Gasteiger partial charge in [-0.25, -0.2) is 9.79 Å². The maximum Gasteiger partial charge on any atom is 0.334 e. The minimum atomic E-state index is -0.399. The highest BCUT2D eigenvalue weighted by atomic mass is 16.5. The van der Waals surface area contributed by atoms with E-state index in [9.17, 15) is 4.79 Å². The fraction of sp³-hybridized carbons (Fsp3) is 0.286. The summed E-state index contributed by atoms with van der Waals surface area (Å²) in [4.78, 5) is 15.7. The molecule has 1 aliphatic rings. The lowest BCUT2D eigenvalue weighted by molar-refractivity contribution is -0.137. The zero-order valence-corrected chi connectivity index (χ0v) is 10.4. The van der Waals surface area contributed by atoms with E-state index in [1.54, 1.807) is 6.92 Å². The molecule has 1 atom stereocenters. The fourth-order valence-corrected chi connectivity index (χ4v) is 1.63. The van der Waals surface area contributed by atoms with Gasteiger partial charge in [0, 0.05) is 5.56 Å². The van der Waals surface area contributed by atoms with Crippen LogP contribution in [0.1, 0.15) is 19.4 Å². The number of nitrogens with zero attached hydrogens (tertiary/aromatic N) is 1. The van der Waals surface area contributed by atoms with Crippen molar-refractivity contribution < 1.29 is 14.3 Å². The van der Waals surface area contributed by atoms with Crippen LogP contribution >= 0.6 is 0 Å². The van der Waals surface area contributed by atoms with Gasteiger partial charge in [-0.3, -0.25) is 0 Å². The van der Waals surface area contributed by atoms with E-state index in [1.165, 1.54) is 6.08 Å². The van der Waals surface area contributed by atoms with Gasteiger partial charge in [0.2, 0.25) is 5.90 Å². The van der Waals surface area contributed by atoms with E-state index < -0.39 is 5.97 Å². The molecule has 1 aromatic rings. The molecule has 2 rings (SSSR count). The Bertz CT molecular complexity index is 491.